The number of alkyl halides is 1. The largest absolute Gasteiger partial charge is 0.292 e. The van der Waals surface area contributed by atoms with Crippen LogP contribution in [-0.2, 0) is 6.42 Å². The van der Waals surface area contributed by atoms with Crippen molar-refractivity contribution in [2.45, 2.75) is 18.7 Å². The van der Waals surface area contributed by atoms with Crippen molar-refractivity contribution in [1.82, 2.24) is 0 Å². The highest BCUT2D eigenvalue weighted by atomic mass is 35.5. The second-order valence-electron chi connectivity index (χ2n) is 4.39. The zero-order chi connectivity index (χ0) is 13.0. The van der Waals surface area contributed by atoms with Gasteiger partial charge in [0.05, 0.1) is 0 Å². The van der Waals surface area contributed by atoms with Crippen LogP contribution >= 0.6 is 11.6 Å². The lowest BCUT2D eigenvalue weighted by Gasteiger charge is -2.09. The number of carbonyl (C=O) groups is 1. The molecule has 0 heterocycles. The average Bonchev–Trinajstić information content (AvgIpc) is 2.41. The third-order valence-electron chi connectivity index (χ3n) is 2.88. The summed E-state index contributed by atoms with van der Waals surface area (Å²) in [6.07, 6.45) is 0.565. The van der Waals surface area contributed by atoms with E-state index in [4.69, 9.17) is 11.6 Å². The molecule has 1 atom stereocenters. The minimum atomic E-state index is -0.505. The quantitative estimate of drug-likeness (QED) is 0.598. The Morgan fingerprint density at radius 2 is 1.67 bits per heavy atom. The molecule has 0 aliphatic rings. The van der Waals surface area contributed by atoms with Crippen LogP contribution in [0.1, 0.15) is 21.5 Å². The maximum absolute atomic E-state index is 12.1. The number of ketones is 1. The molecule has 1 nitrogen and oxygen atoms in total. The first-order valence-electron chi connectivity index (χ1n) is 5.95. The molecule has 2 aromatic rings. The van der Waals surface area contributed by atoms with Crippen LogP contribution in [0, 0.1) is 6.92 Å². The van der Waals surface area contributed by atoms with Crippen molar-refractivity contribution in [2.75, 3.05) is 0 Å². The van der Waals surface area contributed by atoms with Crippen molar-refractivity contribution in [3.63, 3.8) is 0 Å². The van der Waals surface area contributed by atoms with E-state index in [1.807, 2.05) is 49.4 Å². The van der Waals surface area contributed by atoms with Gasteiger partial charge in [-0.2, -0.15) is 0 Å². The Kier molecular flexibility index (Phi) is 4.16. The summed E-state index contributed by atoms with van der Waals surface area (Å²) in [7, 11) is 0. The number of halogens is 1. The number of aryl methyl sites for hydroxylation is 1. The van der Waals surface area contributed by atoms with Crippen molar-refractivity contribution in [1.29, 1.82) is 0 Å². The van der Waals surface area contributed by atoms with Crippen LogP contribution in [0.4, 0.5) is 0 Å². The van der Waals surface area contributed by atoms with Crippen molar-refractivity contribution in [3.05, 3.63) is 71.3 Å². The molecule has 2 rings (SSSR count). The Morgan fingerprint density at radius 3 is 2.28 bits per heavy atom. The highest BCUT2D eigenvalue weighted by Crippen LogP contribution is 2.14. The molecular formula is C16H15ClO. The number of carbonyl (C=O) groups excluding carboxylic acids is 1. The van der Waals surface area contributed by atoms with Gasteiger partial charge in [-0.3, -0.25) is 4.79 Å². The van der Waals surface area contributed by atoms with E-state index in [1.54, 1.807) is 12.1 Å². The SMILES string of the molecule is Cc1ccc(CC(Cl)C(=O)c2ccccc2)cc1. The number of Topliss-reactive ketones (excluding diaryl/α,β-unsaturated/α-hetero) is 1. The number of hydrogen-bond acceptors (Lipinski definition) is 1. The van der Waals surface area contributed by atoms with E-state index in [2.05, 4.69) is 0 Å². The fourth-order valence-electron chi connectivity index (χ4n) is 1.81. The molecule has 0 aromatic heterocycles. The fraction of sp³-hybridized carbons (Fsp3) is 0.188. The standard InChI is InChI=1S/C16H15ClO/c1-12-7-9-13(10-8-12)11-15(17)16(18)14-5-3-2-4-6-14/h2-10,15H,11H2,1H3. The van der Waals surface area contributed by atoms with Gasteiger partial charge in [0.15, 0.2) is 5.78 Å². The van der Waals surface area contributed by atoms with Crippen molar-refractivity contribution in [2.24, 2.45) is 0 Å². The van der Waals surface area contributed by atoms with Gasteiger partial charge >= 0.3 is 0 Å². The zero-order valence-corrected chi connectivity index (χ0v) is 11.0. The molecular weight excluding hydrogens is 244 g/mol. The minimum absolute atomic E-state index is 0.0159. The molecule has 18 heavy (non-hydrogen) atoms. The second kappa shape index (κ2) is 5.83. The van der Waals surface area contributed by atoms with E-state index in [0.29, 0.717) is 12.0 Å². The maximum Gasteiger partial charge on any atom is 0.180 e. The predicted octanol–water partition coefficient (Wildman–Crippen LogP) is 4.03. The normalized spacial score (nSPS) is 12.1. The molecule has 92 valence electrons. The third kappa shape index (κ3) is 3.21. The molecule has 0 amide bonds. The second-order valence-corrected chi connectivity index (χ2v) is 4.91. The topological polar surface area (TPSA) is 17.1 Å². The summed E-state index contributed by atoms with van der Waals surface area (Å²) in [6, 6.07) is 17.3. The van der Waals surface area contributed by atoms with Crippen LogP contribution in [0.2, 0.25) is 0 Å². The lowest BCUT2D eigenvalue weighted by molar-refractivity contribution is 0.0986. The molecule has 0 spiro atoms. The van der Waals surface area contributed by atoms with Crippen molar-refractivity contribution >= 4 is 17.4 Å². The highest BCUT2D eigenvalue weighted by molar-refractivity contribution is 6.34. The Morgan fingerprint density at radius 1 is 1.06 bits per heavy atom. The molecule has 0 saturated heterocycles. The Bertz CT molecular complexity index is 517. The summed E-state index contributed by atoms with van der Waals surface area (Å²) in [6.45, 7) is 2.04. The third-order valence-corrected chi connectivity index (χ3v) is 3.23. The lowest BCUT2D eigenvalue weighted by atomic mass is 10.0. The Hall–Kier alpha value is -1.60. The van der Waals surface area contributed by atoms with Crippen LogP contribution in [0.15, 0.2) is 54.6 Å². The summed E-state index contributed by atoms with van der Waals surface area (Å²) in [5.74, 6) is -0.0159. The molecule has 0 bridgehead atoms. The summed E-state index contributed by atoms with van der Waals surface area (Å²) in [4.78, 5) is 12.1. The first-order valence-corrected chi connectivity index (χ1v) is 6.39. The van der Waals surface area contributed by atoms with Crippen LogP contribution in [0.25, 0.3) is 0 Å². The molecule has 0 aliphatic heterocycles. The van der Waals surface area contributed by atoms with E-state index in [9.17, 15) is 4.79 Å². The van der Waals surface area contributed by atoms with Gasteiger partial charge < -0.3 is 0 Å². The van der Waals surface area contributed by atoms with E-state index in [1.165, 1.54) is 5.56 Å². The lowest BCUT2D eigenvalue weighted by Crippen LogP contribution is -2.17. The molecule has 0 N–H and O–H groups in total. The van der Waals surface area contributed by atoms with Gasteiger partial charge in [0, 0.05) is 5.56 Å². The monoisotopic (exact) mass is 258 g/mol. The predicted molar refractivity (Wildman–Crippen MR) is 75.3 cm³/mol. The molecule has 2 aromatic carbocycles. The zero-order valence-electron chi connectivity index (χ0n) is 10.3. The molecule has 0 saturated carbocycles. The molecule has 0 aliphatic carbocycles. The van der Waals surface area contributed by atoms with Crippen LogP contribution in [-0.4, -0.2) is 11.2 Å². The van der Waals surface area contributed by atoms with Gasteiger partial charge in [-0.1, -0.05) is 60.2 Å². The van der Waals surface area contributed by atoms with Gasteiger partial charge in [0.1, 0.15) is 5.38 Å². The van der Waals surface area contributed by atoms with Gasteiger partial charge in [0.25, 0.3) is 0 Å². The van der Waals surface area contributed by atoms with E-state index in [-0.39, 0.29) is 5.78 Å². The first-order chi connectivity index (χ1) is 8.66. The van der Waals surface area contributed by atoms with Gasteiger partial charge in [-0.15, -0.1) is 11.6 Å². The van der Waals surface area contributed by atoms with Crippen LogP contribution in [0.3, 0.4) is 0 Å². The highest BCUT2D eigenvalue weighted by Gasteiger charge is 2.17. The molecule has 2 heteroatoms. The Labute approximate surface area is 112 Å². The van der Waals surface area contributed by atoms with Gasteiger partial charge in [-0.05, 0) is 18.9 Å². The summed E-state index contributed by atoms with van der Waals surface area (Å²) < 4.78 is 0. The fourth-order valence-corrected chi connectivity index (χ4v) is 2.11. The number of rotatable bonds is 4. The first kappa shape index (κ1) is 12.8. The smallest absolute Gasteiger partial charge is 0.180 e. The van der Waals surface area contributed by atoms with Crippen molar-refractivity contribution in [3.8, 4) is 0 Å². The number of benzene rings is 2. The number of hydrogen-bond donors (Lipinski definition) is 0. The average molecular weight is 259 g/mol. The maximum atomic E-state index is 12.1. The Balaban J connectivity index is 2.06. The van der Waals surface area contributed by atoms with E-state index < -0.39 is 5.38 Å². The molecule has 1 unspecified atom stereocenters. The summed E-state index contributed by atoms with van der Waals surface area (Å²) >= 11 is 6.19. The van der Waals surface area contributed by atoms with Gasteiger partial charge in [-0.25, -0.2) is 0 Å². The van der Waals surface area contributed by atoms with Gasteiger partial charge in [0.2, 0.25) is 0 Å². The van der Waals surface area contributed by atoms with Crippen LogP contribution in [0.5, 0.6) is 0 Å². The minimum Gasteiger partial charge on any atom is -0.292 e. The molecule has 0 fully saturated rings. The van der Waals surface area contributed by atoms with E-state index in [0.717, 1.165) is 5.56 Å². The molecule has 0 radical (unpaired) electrons. The summed E-state index contributed by atoms with van der Waals surface area (Å²) in [5, 5.41) is -0.505. The van der Waals surface area contributed by atoms with Crippen LogP contribution < -0.4 is 0 Å². The summed E-state index contributed by atoms with van der Waals surface area (Å²) in [5.41, 5.74) is 2.97. The van der Waals surface area contributed by atoms with E-state index >= 15 is 0 Å². The van der Waals surface area contributed by atoms with Crippen molar-refractivity contribution < 1.29 is 4.79 Å².